The van der Waals surface area contributed by atoms with Gasteiger partial charge in [0.2, 0.25) is 0 Å². The van der Waals surface area contributed by atoms with Crippen LogP contribution in [0.4, 0.5) is 0 Å². The molecule has 0 saturated carbocycles. The van der Waals surface area contributed by atoms with Crippen molar-refractivity contribution in [3.8, 4) is 5.75 Å². The van der Waals surface area contributed by atoms with Crippen LogP contribution in [0.2, 0.25) is 0 Å². The van der Waals surface area contributed by atoms with Gasteiger partial charge in [-0.1, -0.05) is 168 Å². The third kappa shape index (κ3) is 9.58. The van der Waals surface area contributed by atoms with Crippen molar-refractivity contribution in [2.75, 3.05) is 0 Å². The zero-order valence-electron chi connectivity index (χ0n) is 30.9. The average Bonchev–Trinajstić information content (AvgIpc) is 3.05. The number of rotatable bonds is 15. The van der Waals surface area contributed by atoms with Gasteiger partial charge < -0.3 is 10.1 Å². The molecule has 0 bridgehead atoms. The summed E-state index contributed by atoms with van der Waals surface area (Å²) in [5.74, 6) is 1.73. The number of nitrogens with one attached hydrogen (secondary N) is 1. The van der Waals surface area contributed by atoms with Crippen LogP contribution >= 0.6 is 8.58 Å². The number of hydrogen-bond donors (Lipinski definition) is 1. The fourth-order valence-electron chi connectivity index (χ4n) is 6.60. The largest absolute Gasteiger partial charge is 0.488 e. The summed E-state index contributed by atoms with van der Waals surface area (Å²) in [5, 5.41) is 5.12. The average molecular weight is 650 g/mol. The Balaban J connectivity index is 1.84. The molecule has 4 rings (SSSR count). The normalized spacial score (nSPS) is 14.3. The van der Waals surface area contributed by atoms with Crippen molar-refractivity contribution in [3.63, 3.8) is 0 Å². The lowest BCUT2D eigenvalue weighted by molar-refractivity contribution is 0.281. The third-order valence-electron chi connectivity index (χ3n) is 10.0. The van der Waals surface area contributed by atoms with Gasteiger partial charge in [0, 0.05) is 29.4 Å². The first-order valence-electron chi connectivity index (χ1n) is 17.7. The molecule has 0 radical (unpaired) electrons. The van der Waals surface area contributed by atoms with E-state index in [1.807, 2.05) is 0 Å². The first kappa shape index (κ1) is 36.9. The van der Waals surface area contributed by atoms with E-state index >= 15 is 0 Å². The highest BCUT2D eigenvalue weighted by atomic mass is 31.1. The molecule has 0 fully saturated rings. The van der Waals surface area contributed by atoms with Crippen LogP contribution < -0.4 is 15.4 Å². The van der Waals surface area contributed by atoms with Gasteiger partial charge in [0.15, 0.2) is 0 Å². The van der Waals surface area contributed by atoms with E-state index in [1.54, 1.807) is 0 Å². The molecule has 0 aliphatic carbocycles. The minimum absolute atomic E-state index is 0.0147. The summed E-state index contributed by atoms with van der Waals surface area (Å²) in [7, 11) is 0.604. The van der Waals surface area contributed by atoms with E-state index in [9.17, 15) is 0 Å². The van der Waals surface area contributed by atoms with E-state index in [-0.39, 0.29) is 16.0 Å². The van der Waals surface area contributed by atoms with Gasteiger partial charge in [0.25, 0.3) is 0 Å². The number of aryl methyl sites for hydroxylation is 1. The molecule has 3 unspecified atom stereocenters. The Morgan fingerprint density at radius 1 is 0.745 bits per heavy atom. The molecule has 4 aromatic rings. The highest BCUT2D eigenvalue weighted by Gasteiger charge is 2.37. The molecule has 0 aliphatic rings. The summed E-state index contributed by atoms with van der Waals surface area (Å²) in [4.78, 5) is 0. The van der Waals surface area contributed by atoms with E-state index in [4.69, 9.17) is 4.74 Å². The Kier molecular flexibility index (Phi) is 12.5. The summed E-state index contributed by atoms with van der Waals surface area (Å²) >= 11 is 0. The number of ether oxygens (including phenoxy) is 1. The van der Waals surface area contributed by atoms with E-state index in [2.05, 4.69) is 166 Å². The minimum atomic E-state index is -0.102. The predicted octanol–water partition coefficient (Wildman–Crippen LogP) is 11.5. The molecule has 3 heteroatoms. The maximum atomic E-state index is 7.08. The first-order chi connectivity index (χ1) is 22.3. The second-order valence-electron chi connectivity index (χ2n) is 15.5. The topological polar surface area (TPSA) is 21.3 Å². The van der Waals surface area contributed by atoms with Gasteiger partial charge in [0.05, 0.1) is 0 Å². The van der Waals surface area contributed by atoms with Gasteiger partial charge in [0.1, 0.15) is 12.4 Å². The van der Waals surface area contributed by atoms with Gasteiger partial charge in [-0.25, -0.2) is 0 Å². The summed E-state index contributed by atoms with van der Waals surface area (Å²) in [6, 6.07) is 33.2. The Bertz CT molecular complexity index is 1570. The Morgan fingerprint density at radius 2 is 1.36 bits per heavy atom. The number of hydrogen-bond acceptors (Lipinski definition) is 2. The minimum Gasteiger partial charge on any atom is -0.488 e. The molecular formula is C44H60NOP. The lowest BCUT2D eigenvalue weighted by Crippen LogP contribution is -2.28. The monoisotopic (exact) mass is 649 g/mol. The van der Waals surface area contributed by atoms with Crippen LogP contribution in [0.3, 0.4) is 0 Å². The second-order valence-corrected chi connectivity index (χ2v) is 17.4. The molecule has 4 aromatic carbocycles. The lowest BCUT2D eigenvalue weighted by atomic mass is 9.72. The van der Waals surface area contributed by atoms with Crippen molar-refractivity contribution in [2.45, 2.75) is 124 Å². The van der Waals surface area contributed by atoms with E-state index in [0.29, 0.717) is 21.1 Å². The highest BCUT2D eigenvalue weighted by molar-refractivity contribution is 7.48. The van der Waals surface area contributed by atoms with Crippen LogP contribution in [-0.4, -0.2) is 0 Å². The molecule has 1 N–H and O–H groups in total. The molecule has 0 spiro atoms. The van der Waals surface area contributed by atoms with Crippen LogP contribution in [-0.2, 0) is 35.7 Å². The Morgan fingerprint density at radius 3 is 1.96 bits per heavy atom. The summed E-state index contributed by atoms with van der Waals surface area (Å²) < 4.78 is 7.08. The maximum Gasteiger partial charge on any atom is 0.127 e. The van der Waals surface area contributed by atoms with Gasteiger partial charge >= 0.3 is 0 Å². The van der Waals surface area contributed by atoms with Gasteiger partial charge in [-0.05, 0) is 69.6 Å². The van der Waals surface area contributed by atoms with Gasteiger partial charge in [-0.15, -0.1) is 0 Å². The molecule has 2 nitrogen and oxygen atoms in total. The molecule has 3 atom stereocenters. The van der Waals surface area contributed by atoms with Crippen LogP contribution in [0.5, 0.6) is 5.75 Å². The summed E-state index contributed by atoms with van der Waals surface area (Å²) in [5.41, 5.74) is 9.38. The van der Waals surface area contributed by atoms with Crippen LogP contribution in [0.1, 0.15) is 121 Å². The fraction of sp³-hybridized carbons (Fsp3) is 0.455. The van der Waals surface area contributed by atoms with E-state index in [0.717, 1.165) is 31.7 Å². The predicted molar refractivity (Wildman–Crippen MR) is 207 cm³/mol. The SMILES string of the molecule is CCC(C)CC(C)(C)c1cc(C(C)(C)C)cc(C(C)(CC)Pc2c(C)cccc2CNCc2ccccc2)c1OCc1ccccc1. The molecule has 252 valence electrons. The Labute approximate surface area is 288 Å². The maximum absolute atomic E-state index is 7.08. The molecular weight excluding hydrogens is 589 g/mol. The van der Waals surface area contributed by atoms with Crippen molar-refractivity contribution in [1.29, 1.82) is 0 Å². The molecule has 0 aromatic heterocycles. The van der Waals surface area contributed by atoms with Gasteiger partial charge in [-0.2, -0.15) is 0 Å². The van der Waals surface area contributed by atoms with Crippen molar-refractivity contribution < 1.29 is 4.74 Å². The highest BCUT2D eigenvalue weighted by Crippen LogP contribution is 2.52. The Hall–Kier alpha value is -2.93. The molecule has 47 heavy (non-hydrogen) atoms. The smallest absolute Gasteiger partial charge is 0.127 e. The van der Waals surface area contributed by atoms with Crippen molar-refractivity contribution in [1.82, 2.24) is 5.32 Å². The number of benzene rings is 4. The third-order valence-corrected chi connectivity index (χ3v) is 12.2. The quantitative estimate of drug-likeness (QED) is 0.129. The van der Waals surface area contributed by atoms with E-state index in [1.165, 1.54) is 50.7 Å². The van der Waals surface area contributed by atoms with E-state index < -0.39 is 0 Å². The van der Waals surface area contributed by atoms with Crippen molar-refractivity contribution in [3.05, 3.63) is 130 Å². The molecule has 0 saturated heterocycles. The molecule has 0 amide bonds. The zero-order valence-corrected chi connectivity index (χ0v) is 31.9. The fourth-order valence-corrected chi connectivity index (χ4v) is 8.26. The van der Waals surface area contributed by atoms with Crippen LogP contribution in [0.15, 0.2) is 91.0 Å². The van der Waals surface area contributed by atoms with Crippen LogP contribution in [0, 0.1) is 12.8 Å². The van der Waals surface area contributed by atoms with Gasteiger partial charge in [-0.3, -0.25) is 0 Å². The lowest BCUT2D eigenvalue weighted by Gasteiger charge is -2.38. The first-order valence-corrected chi connectivity index (χ1v) is 18.7. The standard InChI is InChI=1S/C44H60NOP/c1-11-32(3)28-43(8,9)38-26-37(42(5,6)7)27-39(40(38)46-31-35-23-17-14-18-24-35)44(10,12-2)47-41-33(4)20-19-25-36(41)30-45-29-34-21-15-13-16-22-34/h13-27,32,45,47H,11-12,28-31H2,1-10H3. The van der Waals surface area contributed by atoms with Crippen molar-refractivity contribution in [2.24, 2.45) is 5.92 Å². The summed E-state index contributed by atoms with van der Waals surface area (Å²) in [6.07, 6.45) is 3.33. The molecule has 0 aliphatic heterocycles. The second kappa shape index (κ2) is 16.0. The van der Waals surface area contributed by atoms with Crippen molar-refractivity contribution >= 4 is 13.9 Å². The zero-order chi connectivity index (χ0) is 34.2. The van der Waals surface area contributed by atoms with Crippen LogP contribution in [0.25, 0.3) is 0 Å². The summed E-state index contributed by atoms with van der Waals surface area (Å²) in [6.45, 7) is 26.1. The molecule has 0 heterocycles.